The zero-order valence-corrected chi connectivity index (χ0v) is 10.2. The second-order valence-electron chi connectivity index (χ2n) is 4.85. The maximum atomic E-state index is 5.52. The lowest BCUT2D eigenvalue weighted by atomic mass is 10.0. The molecule has 0 aromatic heterocycles. The largest absolute Gasteiger partial charge is 0.381 e. The maximum Gasteiger partial charge on any atom is 0.0623 e. The minimum atomic E-state index is 0.539. The molecule has 2 N–H and O–H groups in total. The van der Waals surface area contributed by atoms with Crippen molar-refractivity contribution < 1.29 is 9.47 Å². The molecule has 0 saturated carbocycles. The Balaban J connectivity index is 1.60. The highest BCUT2D eigenvalue weighted by molar-refractivity contribution is 4.82. The van der Waals surface area contributed by atoms with Crippen LogP contribution in [0.2, 0.25) is 0 Å². The van der Waals surface area contributed by atoms with Gasteiger partial charge in [0.25, 0.3) is 0 Å². The van der Waals surface area contributed by atoms with Crippen molar-refractivity contribution in [1.82, 2.24) is 10.6 Å². The van der Waals surface area contributed by atoms with E-state index in [-0.39, 0.29) is 0 Å². The van der Waals surface area contributed by atoms with Crippen molar-refractivity contribution >= 4 is 0 Å². The highest BCUT2D eigenvalue weighted by Crippen LogP contribution is 2.14. The number of nitrogens with one attached hydrogen (secondary N) is 2. The summed E-state index contributed by atoms with van der Waals surface area (Å²) in [5.74, 6) is 1.35. The zero-order chi connectivity index (χ0) is 11.2. The topological polar surface area (TPSA) is 42.5 Å². The molecule has 0 aromatic rings. The molecule has 0 bridgehead atoms. The summed E-state index contributed by atoms with van der Waals surface area (Å²) in [7, 11) is 0. The van der Waals surface area contributed by atoms with Crippen LogP contribution < -0.4 is 10.6 Å². The molecule has 0 spiro atoms. The molecule has 16 heavy (non-hydrogen) atoms. The molecule has 4 heteroatoms. The number of likely N-dealkylation sites (N-methyl/N-ethyl adjacent to an activating group) is 1. The Morgan fingerprint density at radius 2 is 2.06 bits per heavy atom. The molecule has 2 fully saturated rings. The van der Waals surface area contributed by atoms with Gasteiger partial charge in [-0.2, -0.15) is 0 Å². The summed E-state index contributed by atoms with van der Waals surface area (Å²) >= 11 is 0. The Bertz CT molecular complexity index is 195. The lowest BCUT2D eigenvalue weighted by Gasteiger charge is -2.19. The molecular weight excluding hydrogens is 204 g/mol. The molecule has 94 valence electrons. The van der Waals surface area contributed by atoms with Gasteiger partial charge in [0.05, 0.1) is 19.8 Å². The molecule has 2 saturated heterocycles. The van der Waals surface area contributed by atoms with E-state index in [2.05, 4.69) is 17.6 Å². The van der Waals surface area contributed by atoms with Gasteiger partial charge in [0.1, 0.15) is 0 Å². The first-order chi connectivity index (χ1) is 7.90. The Hall–Kier alpha value is -0.160. The summed E-state index contributed by atoms with van der Waals surface area (Å²) in [5, 5.41) is 7.04. The Morgan fingerprint density at radius 1 is 1.12 bits per heavy atom. The molecular formula is C12H24N2O2. The van der Waals surface area contributed by atoms with Crippen molar-refractivity contribution in [2.75, 3.05) is 46.1 Å². The fourth-order valence-corrected chi connectivity index (χ4v) is 2.50. The van der Waals surface area contributed by atoms with E-state index in [0.29, 0.717) is 12.0 Å². The van der Waals surface area contributed by atoms with Gasteiger partial charge in [0.15, 0.2) is 0 Å². The lowest BCUT2D eigenvalue weighted by molar-refractivity contribution is 0.179. The van der Waals surface area contributed by atoms with Crippen LogP contribution in [0, 0.1) is 11.8 Å². The van der Waals surface area contributed by atoms with E-state index in [0.717, 1.165) is 52.0 Å². The Kier molecular flexibility index (Phi) is 5.03. The van der Waals surface area contributed by atoms with E-state index in [1.54, 1.807) is 0 Å². The average Bonchev–Trinajstić information content (AvgIpc) is 2.91. The second kappa shape index (κ2) is 6.55. The molecule has 4 nitrogen and oxygen atoms in total. The van der Waals surface area contributed by atoms with Gasteiger partial charge >= 0.3 is 0 Å². The van der Waals surface area contributed by atoms with Crippen LogP contribution in [0.4, 0.5) is 0 Å². The number of hydrogen-bond acceptors (Lipinski definition) is 4. The molecule has 0 amide bonds. The predicted octanol–water partition coefficient (Wildman–Crippen LogP) is 0.237. The van der Waals surface area contributed by atoms with Crippen LogP contribution in [0.1, 0.15) is 13.3 Å². The summed E-state index contributed by atoms with van der Waals surface area (Å²) in [6, 6.07) is 0.539. The van der Waals surface area contributed by atoms with Crippen molar-refractivity contribution in [2.24, 2.45) is 11.8 Å². The first kappa shape index (κ1) is 12.3. The van der Waals surface area contributed by atoms with Gasteiger partial charge in [-0.15, -0.1) is 0 Å². The quantitative estimate of drug-likeness (QED) is 0.683. The SMILES string of the molecule is CCNC1COCC1CNCC1CCOC1. The van der Waals surface area contributed by atoms with Crippen molar-refractivity contribution in [3.63, 3.8) is 0 Å². The zero-order valence-electron chi connectivity index (χ0n) is 10.2. The Morgan fingerprint density at radius 3 is 2.81 bits per heavy atom. The van der Waals surface area contributed by atoms with E-state index in [1.807, 2.05) is 0 Å². The van der Waals surface area contributed by atoms with Crippen LogP contribution in [0.5, 0.6) is 0 Å². The highest BCUT2D eigenvalue weighted by Gasteiger charge is 2.27. The van der Waals surface area contributed by atoms with Gasteiger partial charge in [0, 0.05) is 31.7 Å². The van der Waals surface area contributed by atoms with E-state index in [4.69, 9.17) is 9.47 Å². The summed E-state index contributed by atoms with van der Waals surface area (Å²) in [6.07, 6.45) is 1.21. The van der Waals surface area contributed by atoms with Crippen LogP contribution in [0.3, 0.4) is 0 Å². The summed E-state index contributed by atoms with van der Waals surface area (Å²) < 4.78 is 10.9. The maximum absolute atomic E-state index is 5.52. The van der Waals surface area contributed by atoms with Crippen molar-refractivity contribution in [2.45, 2.75) is 19.4 Å². The fraction of sp³-hybridized carbons (Fsp3) is 1.00. The average molecular weight is 228 g/mol. The molecule has 0 aromatic carbocycles. The number of rotatable bonds is 6. The summed E-state index contributed by atoms with van der Waals surface area (Å²) in [5.41, 5.74) is 0. The molecule has 2 rings (SSSR count). The standard InChI is InChI=1S/C12H24N2O2/c1-2-14-12-9-16-8-11(12)6-13-5-10-3-4-15-7-10/h10-14H,2-9H2,1H3. The molecule has 0 radical (unpaired) electrons. The third kappa shape index (κ3) is 3.42. The molecule has 2 heterocycles. The summed E-state index contributed by atoms with van der Waals surface area (Å²) in [4.78, 5) is 0. The van der Waals surface area contributed by atoms with Crippen molar-refractivity contribution in [3.8, 4) is 0 Å². The molecule has 0 aliphatic carbocycles. The normalized spacial score (nSPS) is 34.7. The van der Waals surface area contributed by atoms with Crippen LogP contribution in [0.25, 0.3) is 0 Å². The number of hydrogen-bond donors (Lipinski definition) is 2. The van der Waals surface area contributed by atoms with Crippen molar-refractivity contribution in [1.29, 1.82) is 0 Å². The van der Waals surface area contributed by atoms with Crippen molar-refractivity contribution in [3.05, 3.63) is 0 Å². The van der Waals surface area contributed by atoms with Gasteiger partial charge < -0.3 is 20.1 Å². The third-order valence-electron chi connectivity index (χ3n) is 3.53. The number of ether oxygens (including phenoxy) is 2. The van der Waals surface area contributed by atoms with Crippen LogP contribution in [0.15, 0.2) is 0 Å². The molecule has 2 aliphatic heterocycles. The molecule has 3 unspecified atom stereocenters. The minimum Gasteiger partial charge on any atom is -0.381 e. The first-order valence-corrected chi connectivity index (χ1v) is 6.49. The van der Waals surface area contributed by atoms with E-state index < -0.39 is 0 Å². The van der Waals surface area contributed by atoms with Crippen LogP contribution >= 0.6 is 0 Å². The van der Waals surface area contributed by atoms with Gasteiger partial charge in [-0.25, -0.2) is 0 Å². The van der Waals surface area contributed by atoms with E-state index in [1.165, 1.54) is 6.42 Å². The first-order valence-electron chi connectivity index (χ1n) is 6.49. The highest BCUT2D eigenvalue weighted by atomic mass is 16.5. The monoisotopic (exact) mass is 228 g/mol. The predicted molar refractivity (Wildman–Crippen MR) is 63.6 cm³/mol. The fourth-order valence-electron chi connectivity index (χ4n) is 2.50. The van der Waals surface area contributed by atoms with Crippen LogP contribution in [-0.2, 0) is 9.47 Å². The minimum absolute atomic E-state index is 0.539. The Labute approximate surface area is 98.1 Å². The second-order valence-corrected chi connectivity index (χ2v) is 4.85. The van der Waals surface area contributed by atoms with Gasteiger partial charge in [-0.05, 0) is 18.9 Å². The smallest absolute Gasteiger partial charge is 0.0623 e. The van der Waals surface area contributed by atoms with E-state index >= 15 is 0 Å². The molecule has 2 aliphatic rings. The lowest BCUT2D eigenvalue weighted by Crippen LogP contribution is -2.41. The van der Waals surface area contributed by atoms with Gasteiger partial charge in [-0.1, -0.05) is 6.92 Å². The summed E-state index contributed by atoms with van der Waals surface area (Å²) in [6.45, 7) is 8.98. The van der Waals surface area contributed by atoms with Gasteiger partial charge in [0.2, 0.25) is 0 Å². The van der Waals surface area contributed by atoms with E-state index in [9.17, 15) is 0 Å². The van der Waals surface area contributed by atoms with Crippen LogP contribution in [-0.4, -0.2) is 52.1 Å². The van der Waals surface area contributed by atoms with Gasteiger partial charge in [-0.3, -0.25) is 0 Å². The third-order valence-corrected chi connectivity index (χ3v) is 3.53. The molecule has 3 atom stereocenters.